The fourth-order valence-electron chi connectivity index (χ4n) is 3.57. The number of aromatic nitrogens is 1. The zero-order chi connectivity index (χ0) is 20.8. The van der Waals surface area contributed by atoms with E-state index in [1.54, 1.807) is 0 Å². The van der Waals surface area contributed by atoms with Gasteiger partial charge in [-0.2, -0.15) is 0 Å². The lowest BCUT2D eigenvalue weighted by Gasteiger charge is -2.20. The van der Waals surface area contributed by atoms with Gasteiger partial charge in [-0.15, -0.1) is 0 Å². The van der Waals surface area contributed by atoms with Crippen LogP contribution in [0.2, 0.25) is 0 Å². The number of nitrogens with zero attached hydrogens (tertiary/aromatic N) is 3. The second-order valence-electron chi connectivity index (χ2n) is 7.86. The average molecular weight is 394 g/mol. The molecule has 0 N–H and O–H groups in total. The first kappa shape index (κ1) is 21.0. The SMILES string of the molecule is CCN(C)C=Nc1cc(C)c(Oc2cccc(C(=O)C3CCCCC3)c2)nc1C. The number of aryl methyl sites for hydroxylation is 2. The van der Waals surface area contributed by atoms with Crippen LogP contribution in [0.15, 0.2) is 35.3 Å². The van der Waals surface area contributed by atoms with Gasteiger partial charge in [0.15, 0.2) is 5.78 Å². The van der Waals surface area contributed by atoms with Gasteiger partial charge in [-0.25, -0.2) is 9.98 Å². The van der Waals surface area contributed by atoms with Gasteiger partial charge in [0.25, 0.3) is 0 Å². The standard InChI is InChI=1S/C24H31N3O2/c1-5-27(4)16-25-22-14-17(2)24(26-18(22)3)29-21-13-9-12-20(15-21)23(28)19-10-7-6-8-11-19/h9,12-16,19H,5-8,10-11H2,1-4H3. The van der Waals surface area contributed by atoms with Crippen molar-refractivity contribution in [1.29, 1.82) is 0 Å². The van der Waals surface area contributed by atoms with Crippen molar-refractivity contribution in [2.45, 2.75) is 52.9 Å². The molecule has 1 aliphatic carbocycles. The van der Waals surface area contributed by atoms with E-state index >= 15 is 0 Å². The molecule has 0 unspecified atom stereocenters. The van der Waals surface area contributed by atoms with Gasteiger partial charge in [0.2, 0.25) is 5.88 Å². The molecule has 1 aromatic carbocycles. The maximum absolute atomic E-state index is 12.8. The monoisotopic (exact) mass is 393 g/mol. The molecule has 0 saturated heterocycles. The Kier molecular flexibility index (Phi) is 7.02. The predicted octanol–water partition coefficient (Wildman–Crippen LogP) is 5.87. The molecular formula is C24H31N3O2. The van der Waals surface area contributed by atoms with E-state index in [9.17, 15) is 4.79 Å². The van der Waals surface area contributed by atoms with Crippen LogP contribution in [0.25, 0.3) is 0 Å². The summed E-state index contributed by atoms with van der Waals surface area (Å²) in [6.07, 6.45) is 7.35. The molecule has 1 saturated carbocycles. The van der Waals surface area contributed by atoms with Crippen molar-refractivity contribution >= 4 is 17.8 Å². The third-order valence-corrected chi connectivity index (χ3v) is 5.53. The van der Waals surface area contributed by atoms with Gasteiger partial charge in [0, 0.05) is 30.6 Å². The van der Waals surface area contributed by atoms with Gasteiger partial charge in [0.05, 0.1) is 17.7 Å². The maximum Gasteiger partial charge on any atom is 0.222 e. The Morgan fingerprint density at radius 3 is 2.72 bits per heavy atom. The van der Waals surface area contributed by atoms with Crippen molar-refractivity contribution < 1.29 is 9.53 Å². The second-order valence-corrected chi connectivity index (χ2v) is 7.86. The van der Waals surface area contributed by atoms with Crippen LogP contribution in [0.5, 0.6) is 11.6 Å². The summed E-state index contributed by atoms with van der Waals surface area (Å²) in [5, 5.41) is 0. The van der Waals surface area contributed by atoms with E-state index in [1.807, 2.05) is 62.5 Å². The van der Waals surface area contributed by atoms with E-state index < -0.39 is 0 Å². The largest absolute Gasteiger partial charge is 0.439 e. The molecule has 0 radical (unpaired) electrons. The number of benzene rings is 1. The van der Waals surface area contributed by atoms with Gasteiger partial charge >= 0.3 is 0 Å². The van der Waals surface area contributed by atoms with Crippen molar-refractivity contribution in [3.8, 4) is 11.6 Å². The Morgan fingerprint density at radius 1 is 1.24 bits per heavy atom. The Morgan fingerprint density at radius 2 is 2.00 bits per heavy atom. The number of carbonyl (C=O) groups excluding carboxylic acids is 1. The second kappa shape index (κ2) is 9.68. The van der Waals surface area contributed by atoms with Crippen molar-refractivity contribution in [3.63, 3.8) is 0 Å². The lowest BCUT2D eigenvalue weighted by molar-refractivity contribution is 0.0889. The van der Waals surface area contributed by atoms with Gasteiger partial charge < -0.3 is 9.64 Å². The zero-order valence-electron chi connectivity index (χ0n) is 17.9. The molecule has 3 rings (SSSR count). The number of Topliss-reactive ketones (excluding diaryl/α,β-unsaturated/α-hetero) is 1. The zero-order valence-corrected chi connectivity index (χ0v) is 17.9. The van der Waals surface area contributed by atoms with Crippen LogP contribution in [0, 0.1) is 19.8 Å². The lowest BCUT2D eigenvalue weighted by atomic mass is 9.84. The Hall–Kier alpha value is -2.69. The first-order chi connectivity index (χ1) is 14.0. The summed E-state index contributed by atoms with van der Waals surface area (Å²) in [6, 6.07) is 9.46. The van der Waals surface area contributed by atoms with Gasteiger partial charge in [-0.1, -0.05) is 31.4 Å². The van der Waals surface area contributed by atoms with Crippen LogP contribution in [0.3, 0.4) is 0 Å². The highest BCUT2D eigenvalue weighted by atomic mass is 16.5. The summed E-state index contributed by atoms with van der Waals surface area (Å²) in [5.74, 6) is 1.58. The van der Waals surface area contributed by atoms with E-state index in [0.717, 1.165) is 54.7 Å². The molecule has 1 aliphatic rings. The molecule has 0 amide bonds. The van der Waals surface area contributed by atoms with E-state index in [-0.39, 0.29) is 11.7 Å². The van der Waals surface area contributed by atoms with Crippen molar-refractivity contribution in [2.75, 3.05) is 13.6 Å². The Balaban J connectivity index is 1.77. The summed E-state index contributed by atoms with van der Waals surface area (Å²) in [6.45, 7) is 6.85. The number of hydrogen-bond donors (Lipinski definition) is 0. The van der Waals surface area contributed by atoms with Crippen LogP contribution in [0.1, 0.15) is 60.6 Å². The highest BCUT2D eigenvalue weighted by Gasteiger charge is 2.22. The molecule has 5 nitrogen and oxygen atoms in total. The number of rotatable bonds is 7. The van der Waals surface area contributed by atoms with Gasteiger partial charge in [0.1, 0.15) is 5.75 Å². The van der Waals surface area contributed by atoms with Crippen molar-refractivity contribution in [3.05, 3.63) is 47.2 Å². The molecule has 154 valence electrons. The molecule has 0 atom stereocenters. The molecule has 0 spiro atoms. The van der Waals surface area contributed by atoms with Gasteiger partial charge in [-0.05, 0) is 51.8 Å². The fourth-order valence-corrected chi connectivity index (χ4v) is 3.57. The summed E-state index contributed by atoms with van der Waals surface area (Å²) in [7, 11) is 1.98. The van der Waals surface area contributed by atoms with Crippen LogP contribution in [-0.2, 0) is 0 Å². The normalized spacial score (nSPS) is 14.9. The molecule has 29 heavy (non-hydrogen) atoms. The molecular weight excluding hydrogens is 362 g/mol. The fraction of sp³-hybridized carbons (Fsp3) is 0.458. The maximum atomic E-state index is 12.8. The number of hydrogen-bond acceptors (Lipinski definition) is 4. The third kappa shape index (κ3) is 5.43. The first-order valence-electron chi connectivity index (χ1n) is 10.5. The number of ether oxygens (including phenoxy) is 1. The summed E-state index contributed by atoms with van der Waals surface area (Å²) in [4.78, 5) is 23.9. The molecule has 0 aliphatic heterocycles. The molecule has 5 heteroatoms. The summed E-state index contributed by atoms with van der Waals surface area (Å²) >= 11 is 0. The highest BCUT2D eigenvalue weighted by molar-refractivity contribution is 5.98. The van der Waals surface area contributed by atoms with Crippen molar-refractivity contribution in [1.82, 2.24) is 9.88 Å². The minimum Gasteiger partial charge on any atom is -0.439 e. The topological polar surface area (TPSA) is 54.8 Å². The van der Waals surface area contributed by atoms with Crippen molar-refractivity contribution in [2.24, 2.45) is 10.9 Å². The Labute approximate surface area is 173 Å². The van der Waals surface area contributed by atoms with Gasteiger partial charge in [-0.3, -0.25) is 4.79 Å². The van der Waals surface area contributed by atoms with E-state index in [4.69, 9.17) is 4.74 Å². The minimum absolute atomic E-state index is 0.152. The smallest absolute Gasteiger partial charge is 0.222 e. The van der Waals surface area contributed by atoms with Crippen LogP contribution in [-0.4, -0.2) is 35.6 Å². The third-order valence-electron chi connectivity index (χ3n) is 5.53. The summed E-state index contributed by atoms with van der Waals surface area (Å²) < 4.78 is 6.04. The minimum atomic E-state index is 0.152. The molecule has 1 fully saturated rings. The van der Waals surface area contributed by atoms with Crippen LogP contribution < -0.4 is 4.74 Å². The van der Waals surface area contributed by atoms with Crippen LogP contribution >= 0.6 is 0 Å². The molecule has 1 heterocycles. The quantitative estimate of drug-likeness (QED) is 0.336. The summed E-state index contributed by atoms with van der Waals surface area (Å²) in [5.41, 5.74) is 3.27. The first-order valence-corrected chi connectivity index (χ1v) is 10.5. The molecule has 1 aromatic heterocycles. The predicted molar refractivity (Wildman–Crippen MR) is 118 cm³/mol. The van der Waals surface area contributed by atoms with E-state index in [1.165, 1.54) is 6.42 Å². The lowest BCUT2D eigenvalue weighted by Crippen LogP contribution is -2.17. The van der Waals surface area contributed by atoms with Crippen LogP contribution in [0.4, 0.5) is 5.69 Å². The number of pyridine rings is 1. The van der Waals surface area contributed by atoms with E-state index in [2.05, 4.69) is 16.9 Å². The number of carbonyl (C=O) groups is 1. The molecule has 0 bridgehead atoms. The van der Waals surface area contributed by atoms with E-state index in [0.29, 0.717) is 11.6 Å². The number of ketones is 1. The highest BCUT2D eigenvalue weighted by Crippen LogP contribution is 2.31. The number of aliphatic imine (C=N–C) groups is 1. The molecule has 2 aromatic rings. The average Bonchev–Trinajstić information content (AvgIpc) is 2.75. The Bertz CT molecular complexity index is 886.